The maximum absolute atomic E-state index is 13.3. The molecule has 1 N–H and O–H groups in total. The SMILES string of the molecule is CCCCN1C(=O)CSc2c(c3ccccc3n2C)[C@H]1C(=O)NCCC(C)C. The third kappa shape index (κ3) is 4.07. The van der Waals surface area contributed by atoms with Crippen LogP contribution >= 0.6 is 11.8 Å². The summed E-state index contributed by atoms with van der Waals surface area (Å²) in [6.07, 6.45) is 2.81. The number of aryl methyl sites for hydroxylation is 1. The van der Waals surface area contributed by atoms with Crippen LogP contribution in [-0.2, 0) is 16.6 Å². The van der Waals surface area contributed by atoms with Crippen LogP contribution in [0.25, 0.3) is 10.9 Å². The van der Waals surface area contributed by atoms with Gasteiger partial charge in [-0.05, 0) is 24.8 Å². The van der Waals surface area contributed by atoms with Gasteiger partial charge in [0.1, 0.15) is 6.04 Å². The molecule has 3 rings (SSSR count). The van der Waals surface area contributed by atoms with Gasteiger partial charge >= 0.3 is 0 Å². The third-order valence-corrected chi connectivity index (χ3v) is 6.51. The molecular weight excluding hydrogens is 370 g/mol. The predicted octanol–water partition coefficient (Wildman–Crippen LogP) is 4.12. The molecule has 2 aromatic rings. The molecule has 1 aliphatic rings. The van der Waals surface area contributed by atoms with Crippen molar-refractivity contribution < 1.29 is 9.59 Å². The summed E-state index contributed by atoms with van der Waals surface area (Å²) in [7, 11) is 2.02. The van der Waals surface area contributed by atoms with E-state index in [1.54, 1.807) is 16.7 Å². The lowest BCUT2D eigenvalue weighted by atomic mass is 10.0. The summed E-state index contributed by atoms with van der Waals surface area (Å²) in [6, 6.07) is 7.60. The molecule has 1 aromatic heterocycles. The van der Waals surface area contributed by atoms with Crippen LogP contribution in [0.4, 0.5) is 0 Å². The zero-order chi connectivity index (χ0) is 20.3. The van der Waals surface area contributed by atoms with E-state index in [1.165, 1.54) is 0 Å². The second-order valence-corrected chi connectivity index (χ2v) is 8.86. The number of nitrogens with one attached hydrogen (secondary N) is 1. The standard InChI is InChI=1S/C22H31N3O2S/c1-5-6-13-25-18(26)14-28-22-19(16-9-7-8-10-17(16)24(22)4)20(25)21(27)23-12-11-15(2)3/h7-10,15,20H,5-6,11-14H2,1-4H3,(H,23,27)/t20-/m0/s1. The monoisotopic (exact) mass is 401 g/mol. The topological polar surface area (TPSA) is 54.3 Å². The van der Waals surface area contributed by atoms with Crippen LogP contribution in [0.5, 0.6) is 0 Å². The lowest BCUT2D eigenvalue weighted by Gasteiger charge is -2.30. The van der Waals surface area contributed by atoms with Gasteiger partial charge in [-0.2, -0.15) is 0 Å². The molecule has 5 nitrogen and oxygen atoms in total. The van der Waals surface area contributed by atoms with Gasteiger partial charge in [0.05, 0.1) is 10.8 Å². The van der Waals surface area contributed by atoms with Crippen LogP contribution in [0.15, 0.2) is 29.3 Å². The summed E-state index contributed by atoms with van der Waals surface area (Å²) < 4.78 is 2.13. The van der Waals surface area contributed by atoms with Crippen molar-refractivity contribution in [2.24, 2.45) is 13.0 Å². The number of carbonyl (C=O) groups is 2. The third-order valence-electron chi connectivity index (χ3n) is 5.35. The van der Waals surface area contributed by atoms with E-state index in [1.807, 2.05) is 19.2 Å². The molecule has 2 amide bonds. The molecule has 152 valence electrons. The van der Waals surface area contributed by atoms with Gasteiger partial charge in [-0.1, -0.05) is 57.2 Å². The number of unbranched alkanes of at least 4 members (excludes halogenated alkanes) is 1. The highest BCUT2D eigenvalue weighted by molar-refractivity contribution is 8.00. The minimum absolute atomic E-state index is 0.0442. The van der Waals surface area contributed by atoms with Gasteiger partial charge in [-0.3, -0.25) is 9.59 Å². The number of rotatable bonds is 7. The van der Waals surface area contributed by atoms with Crippen molar-refractivity contribution in [3.63, 3.8) is 0 Å². The molecule has 0 fully saturated rings. The number of aromatic nitrogens is 1. The highest BCUT2D eigenvalue weighted by Crippen LogP contribution is 2.41. The second-order valence-electron chi connectivity index (χ2n) is 7.90. The Kier molecular flexibility index (Phi) is 6.70. The molecule has 0 saturated heterocycles. The van der Waals surface area contributed by atoms with Gasteiger partial charge in [-0.15, -0.1) is 0 Å². The molecule has 0 unspecified atom stereocenters. The van der Waals surface area contributed by atoms with Crippen molar-refractivity contribution in [2.75, 3.05) is 18.8 Å². The Morgan fingerprint density at radius 2 is 2.07 bits per heavy atom. The fourth-order valence-electron chi connectivity index (χ4n) is 3.79. The van der Waals surface area contributed by atoms with E-state index in [-0.39, 0.29) is 11.8 Å². The van der Waals surface area contributed by atoms with E-state index < -0.39 is 6.04 Å². The summed E-state index contributed by atoms with van der Waals surface area (Å²) >= 11 is 1.55. The van der Waals surface area contributed by atoms with Crippen LogP contribution in [0.3, 0.4) is 0 Å². The average molecular weight is 402 g/mol. The first-order valence-corrected chi connectivity index (χ1v) is 11.2. The van der Waals surface area contributed by atoms with Gasteiger partial charge in [0.2, 0.25) is 11.8 Å². The second kappa shape index (κ2) is 9.03. The number of fused-ring (bicyclic) bond motifs is 3. The fraction of sp³-hybridized carbons (Fsp3) is 0.545. The molecular formula is C22H31N3O2S. The molecule has 6 heteroatoms. The molecule has 1 atom stereocenters. The lowest BCUT2D eigenvalue weighted by molar-refractivity contribution is -0.139. The van der Waals surface area contributed by atoms with E-state index in [0.717, 1.165) is 40.8 Å². The van der Waals surface area contributed by atoms with E-state index >= 15 is 0 Å². The van der Waals surface area contributed by atoms with Gasteiger partial charge < -0.3 is 14.8 Å². The van der Waals surface area contributed by atoms with Gasteiger partial charge in [-0.25, -0.2) is 0 Å². The first-order valence-electron chi connectivity index (χ1n) is 10.2. The smallest absolute Gasteiger partial charge is 0.247 e. The van der Waals surface area contributed by atoms with Gasteiger partial charge in [0, 0.05) is 36.6 Å². The number of carbonyl (C=O) groups excluding carboxylic acids is 2. The van der Waals surface area contributed by atoms with Crippen LogP contribution < -0.4 is 5.32 Å². The summed E-state index contributed by atoms with van der Waals surface area (Å²) in [5.74, 6) is 0.875. The highest BCUT2D eigenvalue weighted by Gasteiger charge is 2.38. The summed E-state index contributed by atoms with van der Waals surface area (Å²) in [6.45, 7) is 7.65. The minimum Gasteiger partial charge on any atom is -0.354 e. The highest BCUT2D eigenvalue weighted by atomic mass is 32.2. The number of thioether (sulfide) groups is 1. The molecule has 28 heavy (non-hydrogen) atoms. The van der Waals surface area contributed by atoms with Crippen LogP contribution in [0, 0.1) is 5.92 Å². The number of amides is 2. The maximum Gasteiger partial charge on any atom is 0.247 e. The van der Waals surface area contributed by atoms with E-state index in [0.29, 0.717) is 24.8 Å². The molecule has 0 bridgehead atoms. The number of hydrogen-bond donors (Lipinski definition) is 1. The quantitative estimate of drug-likeness (QED) is 0.759. The van der Waals surface area contributed by atoms with E-state index in [4.69, 9.17) is 0 Å². The van der Waals surface area contributed by atoms with Crippen LogP contribution in [-0.4, -0.2) is 40.1 Å². The van der Waals surface area contributed by atoms with Gasteiger partial charge in [0.15, 0.2) is 0 Å². The molecule has 1 aliphatic heterocycles. The Balaban J connectivity index is 2.07. The first-order chi connectivity index (χ1) is 13.5. The Labute approximate surface area is 171 Å². The zero-order valence-electron chi connectivity index (χ0n) is 17.3. The molecule has 0 aliphatic carbocycles. The first kappa shape index (κ1) is 20.8. The maximum atomic E-state index is 13.3. The largest absolute Gasteiger partial charge is 0.354 e. The van der Waals surface area contributed by atoms with Crippen molar-refractivity contribution in [1.82, 2.24) is 14.8 Å². The average Bonchev–Trinajstić information content (AvgIpc) is 2.85. The van der Waals surface area contributed by atoms with Crippen molar-refractivity contribution >= 4 is 34.5 Å². The summed E-state index contributed by atoms with van der Waals surface area (Å²) in [5.41, 5.74) is 2.08. The van der Waals surface area contributed by atoms with Crippen molar-refractivity contribution in [3.05, 3.63) is 29.8 Å². The van der Waals surface area contributed by atoms with Crippen molar-refractivity contribution in [2.45, 2.75) is 51.1 Å². The minimum atomic E-state index is -0.567. The molecule has 2 heterocycles. The lowest BCUT2D eigenvalue weighted by Crippen LogP contribution is -2.44. The van der Waals surface area contributed by atoms with Crippen LogP contribution in [0.1, 0.15) is 51.6 Å². The van der Waals surface area contributed by atoms with Gasteiger partial charge in [0.25, 0.3) is 0 Å². The van der Waals surface area contributed by atoms with E-state index in [9.17, 15) is 9.59 Å². The molecule has 1 aromatic carbocycles. The zero-order valence-corrected chi connectivity index (χ0v) is 18.1. The molecule has 0 saturated carbocycles. The number of nitrogens with zero attached hydrogens (tertiary/aromatic N) is 2. The Morgan fingerprint density at radius 1 is 1.32 bits per heavy atom. The Bertz CT molecular complexity index is 859. The van der Waals surface area contributed by atoms with Crippen molar-refractivity contribution in [3.8, 4) is 0 Å². The number of hydrogen-bond acceptors (Lipinski definition) is 3. The van der Waals surface area contributed by atoms with E-state index in [2.05, 4.69) is 42.8 Å². The molecule has 0 radical (unpaired) electrons. The summed E-state index contributed by atoms with van der Waals surface area (Å²) in [5, 5.41) is 5.19. The predicted molar refractivity (Wildman–Crippen MR) is 115 cm³/mol. The van der Waals surface area contributed by atoms with Crippen LogP contribution in [0.2, 0.25) is 0 Å². The summed E-state index contributed by atoms with van der Waals surface area (Å²) in [4.78, 5) is 28.1. The number of para-hydroxylation sites is 1. The number of benzene rings is 1. The van der Waals surface area contributed by atoms with Crippen molar-refractivity contribution in [1.29, 1.82) is 0 Å². The normalized spacial score (nSPS) is 17.1. The molecule has 0 spiro atoms. The Hall–Kier alpha value is -1.95. The fourth-order valence-corrected chi connectivity index (χ4v) is 4.88. The Morgan fingerprint density at radius 3 is 2.79 bits per heavy atom.